The van der Waals surface area contributed by atoms with E-state index in [1.54, 1.807) is 0 Å². The van der Waals surface area contributed by atoms with Gasteiger partial charge in [0.15, 0.2) is 0 Å². The second-order valence-corrected chi connectivity index (χ2v) is 24.0. The first-order valence-corrected chi connectivity index (χ1v) is 18.3. The predicted molar refractivity (Wildman–Crippen MR) is 105 cm³/mol. The fraction of sp³-hybridized carbons (Fsp3) is 0.688. The van der Waals surface area contributed by atoms with Crippen LogP contribution in [0.15, 0.2) is 23.2 Å². The van der Waals surface area contributed by atoms with Crippen LogP contribution in [0, 0.1) is 0 Å². The average Bonchev–Trinajstić information content (AvgIpc) is 2.18. The Bertz CT molecular complexity index is 463. The van der Waals surface area contributed by atoms with Crippen LogP contribution in [0.25, 0.3) is 0 Å². The van der Waals surface area contributed by atoms with Crippen molar-refractivity contribution >= 4 is 30.5 Å². The molecule has 0 aliphatic carbocycles. The SMILES string of the molecule is C=C(/C(=C(\C)OC(C)=O)N([Si](C)(C)C)[Si](C)(C)C)[Si](C)(C)C. The molecule has 0 saturated carbocycles. The Balaban J connectivity index is 6.40. The number of hydrogen-bond acceptors (Lipinski definition) is 3. The molecule has 0 rings (SSSR count). The lowest BCUT2D eigenvalue weighted by atomic mass is 10.4. The molecule has 0 unspecified atom stereocenters. The first kappa shape index (κ1) is 21.4. The molecule has 0 heterocycles. The van der Waals surface area contributed by atoms with Crippen LogP contribution in [-0.2, 0) is 9.53 Å². The van der Waals surface area contributed by atoms with Crippen molar-refractivity contribution < 1.29 is 9.53 Å². The summed E-state index contributed by atoms with van der Waals surface area (Å²) in [5.74, 6) is 0.453. The topological polar surface area (TPSA) is 29.5 Å². The van der Waals surface area contributed by atoms with E-state index in [2.05, 4.69) is 69.7 Å². The summed E-state index contributed by atoms with van der Waals surface area (Å²) in [5.41, 5.74) is 1.10. The summed E-state index contributed by atoms with van der Waals surface area (Å²) < 4.78 is 8.11. The van der Waals surface area contributed by atoms with Gasteiger partial charge in [-0.05, 0) is 12.1 Å². The summed E-state index contributed by atoms with van der Waals surface area (Å²) >= 11 is 0. The Morgan fingerprint density at radius 2 is 1.23 bits per heavy atom. The number of rotatable bonds is 6. The molecule has 128 valence electrons. The Kier molecular flexibility index (Phi) is 6.70. The number of carbonyl (C=O) groups excluding carboxylic acids is 1. The van der Waals surface area contributed by atoms with E-state index >= 15 is 0 Å². The molecule has 22 heavy (non-hydrogen) atoms. The van der Waals surface area contributed by atoms with Gasteiger partial charge in [0.2, 0.25) is 0 Å². The fourth-order valence-corrected chi connectivity index (χ4v) is 14.0. The summed E-state index contributed by atoms with van der Waals surface area (Å²) in [4.78, 5) is 11.5. The minimum Gasteiger partial charge on any atom is -0.429 e. The number of nitrogens with zero attached hydrogens (tertiary/aromatic N) is 1. The normalized spacial score (nSPS) is 14.3. The zero-order valence-electron chi connectivity index (χ0n) is 16.5. The molecule has 0 spiro atoms. The second kappa shape index (κ2) is 6.88. The maximum absolute atomic E-state index is 11.5. The Morgan fingerprint density at radius 3 is 1.45 bits per heavy atom. The molecule has 0 aliphatic heterocycles. The summed E-state index contributed by atoms with van der Waals surface area (Å²) in [6.45, 7) is 28.8. The van der Waals surface area contributed by atoms with Crippen molar-refractivity contribution in [2.75, 3.05) is 0 Å². The van der Waals surface area contributed by atoms with Gasteiger partial charge in [-0.25, -0.2) is 0 Å². The summed E-state index contributed by atoms with van der Waals surface area (Å²) in [6, 6.07) is 0. The van der Waals surface area contributed by atoms with E-state index in [0.717, 1.165) is 5.70 Å². The fourth-order valence-electron chi connectivity index (χ4n) is 2.80. The van der Waals surface area contributed by atoms with Gasteiger partial charge < -0.3 is 8.97 Å². The molecular weight excluding hydrogens is 322 g/mol. The quantitative estimate of drug-likeness (QED) is 0.284. The van der Waals surface area contributed by atoms with Gasteiger partial charge in [-0.2, -0.15) is 0 Å². The number of carbonyl (C=O) groups is 1. The molecule has 0 saturated heterocycles. The van der Waals surface area contributed by atoms with Crippen LogP contribution < -0.4 is 0 Å². The Morgan fingerprint density at radius 1 is 0.864 bits per heavy atom. The Hall–Kier alpha value is -0.599. The van der Waals surface area contributed by atoms with Gasteiger partial charge in [0.25, 0.3) is 0 Å². The standard InChI is InChI=1S/C16H35NO2Si3/c1-13(19-15(3)18)16(14(2)20(4,5)6)17(21(7,8)9)22(10,11)12/h2H2,1,3-12H3/b16-13-. The highest BCUT2D eigenvalue weighted by molar-refractivity contribution is 6.91. The van der Waals surface area contributed by atoms with Crippen LogP contribution in [0.3, 0.4) is 0 Å². The van der Waals surface area contributed by atoms with E-state index < -0.39 is 24.5 Å². The molecule has 0 aromatic carbocycles. The molecular formula is C16H35NO2Si3. The molecule has 0 aromatic heterocycles. The van der Waals surface area contributed by atoms with Gasteiger partial charge in [0, 0.05) is 6.92 Å². The van der Waals surface area contributed by atoms with Gasteiger partial charge >= 0.3 is 5.97 Å². The smallest absolute Gasteiger partial charge is 0.307 e. The highest BCUT2D eigenvalue weighted by atomic mass is 28.4. The summed E-state index contributed by atoms with van der Waals surface area (Å²) in [6.07, 6.45) is 0. The third-order valence-electron chi connectivity index (χ3n) is 3.39. The molecule has 0 aromatic rings. The third kappa shape index (κ3) is 5.89. The minimum atomic E-state index is -1.63. The van der Waals surface area contributed by atoms with Gasteiger partial charge in [0.1, 0.15) is 22.2 Å². The maximum Gasteiger partial charge on any atom is 0.307 e. The van der Waals surface area contributed by atoms with E-state index in [4.69, 9.17) is 4.74 Å². The molecule has 0 bridgehead atoms. The van der Waals surface area contributed by atoms with Gasteiger partial charge in [-0.1, -0.05) is 65.5 Å². The number of allylic oxidation sites excluding steroid dienone is 2. The van der Waals surface area contributed by atoms with Crippen molar-refractivity contribution in [2.45, 2.75) is 72.8 Å². The van der Waals surface area contributed by atoms with Crippen molar-refractivity contribution in [1.82, 2.24) is 4.23 Å². The zero-order chi connectivity index (χ0) is 18.1. The van der Waals surface area contributed by atoms with Crippen molar-refractivity contribution in [3.8, 4) is 0 Å². The van der Waals surface area contributed by atoms with E-state index in [1.807, 2.05) is 6.92 Å². The second-order valence-electron chi connectivity index (χ2n) is 8.90. The lowest BCUT2D eigenvalue weighted by Crippen LogP contribution is -2.59. The van der Waals surface area contributed by atoms with Crippen molar-refractivity contribution in [2.24, 2.45) is 0 Å². The van der Waals surface area contributed by atoms with Crippen molar-refractivity contribution in [3.63, 3.8) is 0 Å². The molecule has 0 amide bonds. The molecule has 0 atom stereocenters. The molecule has 0 fully saturated rings. The monoisotopic (exact) mass is 357 g/mol. The summed E-state index contributed by atoms with van der Waals surface area (Å²) in [5, 5.41) is 1.18. The van der Waals surface area contributed by atoms with E-state index in [0.29, 0.717) is 5.76 Å². The van der Waals surface area contributed by atoms with Crippen molar-refractivity contribution in [3.05, 3.63) is 23.2 Å². The van der Waals surface area contributed by atoms with Crippen LogP contribution in [-0.4, -0.2) is 34.7 Å². The molecule has 0 radical (unpaired) electrons. The van der Waals surface area contributed by atoms with Crippen molar-refractivity contribution in [1.29, 1.82) is 0 Å². The van der Waals surface area contributed by atoms with Crippen LogP contribution >= 0.6 is 0 Å². The number of hydrogen-bond donors (Lipinski definition) is 0. The number of esters is 1. The first-order chi connectivity index (χ1) is 9.49. The average molecular weight is 358 g/mol. The molecule has 3 nitrogen and oxygen atoms in total. The Labute approximate surface area is 140 Å². The highest BCUT2D eigenvalue weighted by Gasteiger charge is 2.40. The zero-order valence-corrected chi connectivity index (χ0v) is 19.5. The van der Waals surface area contributed by atoms with Crippen LogP contribution in [0.2, 0.25) is 58.9 Å². The summed E-state index contributed by atoms with van der Waals surface area (Å²) in [7, 11) is -4.87. The van der Waals surface area contributed by atoms with E-state index in [1.165, 1.54) is 12.1 Å². The predicted octanol–water partition coefficient (Wildman–Crippen LogP) is 5.19. The van der Waals surface area contributed by atoms with Gasteiger partial charge in [-0.3, -0.25) is 4.79 Å². The molecule has 6 heteroatoms. The van der Waals surface area contributed by atoms with Gasteiger partial charge in [-0.15, -0.1) is 0 Å². The largest absolute Gasteiger partial charge is 0.429 e. The lowest BCUT2D eigenvalue weighted by molar-refractivity contribution is -0.136. The number of ether oxygens (including phenoxy) is 1. The molecule has 0 N–H and O–H groups in total. The first-order valence-electron chi connectivity index (χ1n) is 7.89. The van der Waals surface area contributed by atoms with E-state index in [9.17, 15) is 4.79 Å². The van der Waals surface area contributed by atoms with Crippen LogP contribution in [0.1, 0.15) is 13.8 Å². The highest BCUT2D eigenvalue weighted by Crippen LogP contribution is 2.34. The van der Waals surface area contributed by atoms with Crippen LogP contribution in [0.4, 0.5) is 0 Å². The minimum absolute atomic E-state index is 0.260. The lowest BCUT2D eigenvalue weighted by Gasteiger charge is -2.49. The third-order valence-corrected chi connectivity index (χ3v) is 12.6. The molecule has 0 aliphatic rings. The van der Waals surface area contributed by atoms with E-state index in [-0.39, 0.29) is 5.97 Å². The van der Waals surface area contributed by atoms with Crippen LogP contribution in [0.5, 0.6) is 0 Å². The van der Waals surface area contributed by atoms with Gasteiger partial charge in [0.05, 0.1) is 13.8 Å². The maximum atomic E-state index is 11.5.